The highest BCUT2D eigenvalue weighted by Crippen LogP contribution is 2.15. The lowest BCUT2D eigenvalue weighted by Gasteiger charge is -2.15. The lowest BCUT2D eigenvalue weighted by molar-refractivity contribution is -0.129. The second-order valence-corrected chi connectivity index (χ2v) is 6.59. The van der Waals surface area contributed by atoms with Crippen LogP contribution in [-0.4, -0.2) is 36.6 Å². The molecule has 0 aliphatic rings. The normalized spacial score (nSPS) is 10.7. The van der Waals surface area contributed by atoms with Gasteiger partial charge in [-0.15, -0.1) is 11.8 Å². The van der Waals surface area contributed by atoms with E-state index >= 15 is 0 Å². The standard InChI is InChI=1S/C20H22N2O2S/c1-15-4-9-17(10-5-15)21-19(23)14-22(2)20(24)13-8-16-6-11-18(25-3)12-7-16/h4-13H,14H2,1-3H3,(H,21,23)/b13-8+. The Morgan fingerprint density at radius 2 is 1.72 bits per heavy atom. The molecule has 0 unspecified atom stereocenters. The summed E-state index contributed by atoms with van der Waals surface area (Å²) in [6, 6.07) is 15.5. The zero-order valence-electron chi connectivity index (χ0n) is 14.7. The first-order valence-corrected chi connectivity index (χ1v) is 9.14. The SMILES string of the molecule is CSc1ccc(/C=C/C(=O)N(C)CC(=O)Nc2ccc(C)cc2)cc1. The van der Waals surface area contributed by atoms with Crippen molar-refractivity contribution < 1.29 is 9.59 Å². The van der Waals surface area contributed by atoms with E-state index in [0.717, 1.165) is 16.8 Å². The predicted molar refractivity (Wildman–Crippen MR) is 105 cm³/mol. The minimum absolute atomic E-state index is 0.00244. The van der Waals surface area contributed by atoms with E-state index < -0.39 is 0 Å². The molecule has 0 aliphatic carbocycles. The molecule has 0 spiro atoms. The van der Waals surface area contributed by atoms with E-state index in [9.17, 15) is 9.59 Å². The fraction of sp³-hybridized carbons (Fsp3) is 0.200. The molecule has 0 radical (unpaired) electrons. The summed E-state index contributed by atoms with van der Waals surface area (Å²) in [5.41, 5.74) is 2.80. The second-order valence-electron chi connectivity index (χ2n) is 5.71. The van der Waals surface area contributed by atoms with Gasteiger partial charge >= 0.3 is 0 Å². The number of nitrogens with one attached hydrogen (secondary N) is 1. The number of rotatable bonds is 6. The quantitative estimate of drug-likeness (QED) is 0.634. The van der Waals surface area contributed by atoms with E-state index in [-0.39, 0.29) is 18.4 Å². The molecular formula is C20H22N2O2S. The average molecular weight is 354 g/mol. The summed E-state index contributed by atoms with van der Waals surface area (Å²) in [7, 11) is 1.61. The van der Waals surface area contributed by atoms with Crippen LogP contribution >= 0.6 is 11.8 Å². The fourth-order valence-corrected chi connectivity index (χ4v) is 2.55. The zero-order chi connectivity index (χ0) is 18.2. The second kappa shape index (κ2) is 9.08. The van der Waals surface area contributed by atoms with Gasteiger partial charge in [0.25, 0.3) is 0 Å². The van der Waals surface area contributed by atoms with Gasteiger partial charge in [0.15, 0.2) is 0 Å². The molecule has 2 aromatic carbocycles. The number of carbonyl (C=O) groups is 2. The van der Waals surface area contributed by atoms with E-state index in [1.54, 1.807) is 24.9 Å². The molecule has 2 amide bonds. The first-order chi connectivity index (χ1) is 12.0. The highest BCUT2D eigenvalue weighted by atomic mass is 32.2. The first kappa shape index (κ1) is 18.8. The largest absolute Gasteiger partial charge is 0.333 e. The van der Waals surface area contributed by atoms with E-state index in [1.165, 1.54) is 15.9 Å². The summed E-state index contributed by atoms with van der Waals surface area (Å²) in [5, 5.41) is 2.78. The van der Waals surface area contributed by atoms with Crippen molar-refractivity contribution >= 4 is 35.3 Å². The number of hydrogen-bond acceptors (Lipinski definition) is 3. The maximum absolute atomic E-state index is 12.1. The van der Waals surface area contributed by atoms with Crippen molar-refractivity contribution in [3.8, 4) is 0 Å². The van der Waals surface area contributed by atoms with Crippen LogP contribution in [0.4, 0.5) is 5.69 Å². The lowest BCUT2D eigenvalue weighted by Crippen LogP contribution is -2.33. The van der Waals surface area contributed by atoms with Crippen LogP contribution in [0.5, 0.6) is 0 Å². The molecular weight excluding hydrogens is 332 g/mol. The van der Waals surface area contributed by atoms with E-state index in [0.29, 0.717) is 0 Å². The molecule has 25 heavy (non-hydrogen) atoms. The maximum Gasteiger partial charge on any atom is 0.246 e. The van der Waals surface area contributed by atoms with Crippen molar-refractivity contribution in [2.45, 2.75) is 11.8 Å². The number of hydrogen-bond donors (Lipinski definition) is 1. The summed E-state index contributed by atoms with van der Waals surface area (Å²) in [4.78, 5) is 26.7. The van der Waals surface area contributed by atoms with Crippen LogP contribution in [0.25, 0.3) is 6.08 Å². The van der Waals surface area contributed by atoms with Gasteiger partial charge in [-0.3, -0.25) is 9.59 Å². The Morgan fingerprint density at radius 3 is 2.32 bits per heavy atom. The summed E-state index contributed by atoms with van der Waals surface area (Å²) in [6.07, 6.45) is 5.25. The first-order valence-electron chi connectivity index (χ1n) is 7.91. The monoisotopic (exact) mass is 354 g/mol. The Bertz CT molecular complexity index is 752. The Kier molecular flexibility index (Phi) is 6.83. The number of nitrogens with zero attached hydrogens (tertiary/aromatic N) is 1. The molecule has 0 aromatic heterocycles. The van der Waals surface area contributed by atoms with E-state index in [4.69, 9.17) is 0 Å². The maximum atomic E-state index is 12.1. The molecule has 0 fully saturated rings. The summed E-state index contributed by atoms with van der Waals surface area (Å²) >= 11 is 1.67. The predicted octanol–water partition coefficient (Wildman–Crippen LogP) is 3.83. The number of thioether (sulfide) groups is 1. The molecule has 4 nitrogen and oxygen atoms in total. The highest BCUT2D eigenvalue weighted by molar-refractivity contribution is 7.98. The summed E-state index contributed by atoms with van der Waals surface area (Å²) in [5.74, 6) is -0.439. The number of benzene rings is 2. The van der Waals surface area contributed by atoms with E-state index in [1.807, 2.05) is 61.7 Å². The molecule has 2 rings (SSSR count). The van der Waals surface area contributed by atoms with Crippen molar-refractivity contribution in [1.82, 2.24) is 4.90 Å². The Labute approximate surface area is 152 Å². The molecule has 0 atom stereocenters. The minimum atomic E-state index is -0.225. The smallest absolute Gasteiger partial charge is 0.246 e. The van der Waals surface area contributed by atoms with Crippen LogP contribution in [0.1, 0.15) is 11.1 Å². The topological polar surface area (TPSA) is 49.4 Å². The number of aryl methyl sites for hydroxylation is 1. The van der Waals surface area contributed by atoms with Gasteiger partial charge in [0, 0.05) is 23.7 Å². The molecule has 2 aromatic rings. The minimum Gasteiger partial charge on any atom is -0.333 e. The van der Waals surface area contributed by atoms with Gasteiger partial charge in [-0.25, -0.2) is 0 Å². The van der Waals surface area contributed by atoms with Gasteiger partial charge in [0.05, 0.1) is 6.54 Å². The fourth-order valence-electron chi connectivity index (χ4n) is 2.14. The molecule has 0 bridgehead atoms. The van der Waals surface area contributed by atoms with Crippen molar-refractivity contribution in [3.63, 3.8) is 0 Å². The molecule has 0 saturated heterocycles. The summed E-state index contributed by atoms with van der Waals surface area (Å²) in [6.45, 7) is 1.99. The van der Waals surface area contributed by atoms with Crippen molar-refractivity contribution in [2.24, 2.45) is 0 Å². The third-order valence-corrected chi connectivity index (χ3v) is 4.37. The molecule has 0 saturated carbocycles. The van der Waals surface area contributed by atoms with Crippen molar-refractivity contribution in [1.29, 1.82) is 0 Å². The lowest BCUT2D eigenvalue weighted by atomic mass is 10.2. The average Bonchev–Trinajstić information content (AvgIpc) is 2.62. The number of likely N-dealkylation sites (N-methyl/N-ethyl adjacent to an activating group) is 1. The third-order valence-electron chi connectivity index (χ3n) is 3.63. The van der Waals surface area contributed by atoms with Crippen LogP contribution in [0.15, 0.2) is 59.5 Å². The molecule has 1 N–H and O–H groups in total. The van der Waals surface area contributed by atoms with Crippen molar-refractivity contribution in [3.05, 3.63) is 65.7 Å². The molecule has 5 heteroatoms. The van der Waals surface area contributed by atoms with Gasteiger partial charge in [-0.1, -0.05) is 29.8 Å². The van der Waals surface area contributed by atoms with Crippen LogP contribution < -0.4 is 5.32 Å². The Morgan fingerprint density at radius 1 is 1.08 bits per heavy atom. The molecule has 130 valence electrons. The Balaban J connectivity index is 1.87. The Hall–Kier alpha value is -2.53. The number of anilines is 1. The van der Waals surface area contributed by atoms with Gasteiger partial charge in [-0.05, 0) is 49.1 Å². The van der Waals surface area contributed by atoms with Crippen LogP contribution in [0.3, 0.4) is 0 Å². The van der Waals surface area contributed by atoms with Crippen LogP contribution in [-0.2, 0) is 9.59 Å². The molecule has 0 aliphatic heterocycles. The van der Waals surface area contributed by atoms with Gasteiger partial charge in [-0.2, -0.15) is 0 Å². The van der Waals surface area contributed by atoms with Gasteiger partial charge in [0.2, 0.25) is 11.8 Å². The number of amides is 2. The highest BCUT2D eigenvalue weighted by Gasteiger charge is 2.10. The van der Waals surface area contributed by atoms with Crippen LogP contribution in [0.2, 0.25) is 0 Å². The summed E-state index contributed by atoms with van der Waals surface area (Å²) < 4.78 is 0. The van der Waals surface area contributed by atoms with Crippen LogP contribution in [0, 0.1) is 6.92 Å². The van der Waals surface area contributed by atoms with E-state index in [2.05, 4.69) is 5.32 Å². The van der Waals surface area contributed by atoms with Crippen molar-refractivity contribution in [2.75, 3.05) is 25.2 Å². The zero-order valence-corrected chi connectivity index (χ0v) is 15.5. The number of carbonyl (C=O) groups excluding carboxylic acids is 2. The third kappa shape index (κ3) is 6.12. The van der Waals surface area contributed by atoms with Gasteiger partial charge < -0.3 is 10.2 Å². The molecule has 0 heterocycles. The van der Waals surface area contributed by atoms with Gasteiger partial charge in [0.1, 0.15) is 0 Å².